The molecule has 2 aromatic rings. The van der Waals surface area contributed by atoms with Crippen LogP contribution in [0.3, 0.4) is 0 Å². The van der Waals surface area contributed by atoms with Gasteiger partial charge >= 0.3 is 0 Å². The third-order valence-corrected chi connectivity index (χ3v) is 4.19. The molecule has 2 heteroatoms. The molecule has 1 N–H and O–H groups in total. The van der Waals surface area contributed by atoms with E-state index in [1.54, 1.807) is 0 Å². The highest BCUT2D eigenvalue weighted by molar-refractivity contribution is 5.96. The van der Waals surface area contributed by atoms with Crippen molar-refractivity contribution in [3.63, 3.8) is 0 Å². The summed E-state index contributed by atoms with van der Waals surface area (Å²) in [4.78, 5) is 12.3. The Morgan fingerprint density at radius 1 is 1.00 bits per heavy atom. The highest BCUT2D eigenvalue weighted by Crippen LogP contribution is 2.21. The van der Waals surface area contributed by atoms with E-state index < -0.39 is 0 Å². The van der Waals surface area contributed by atoms with Crippen LogP contribution in [0.4, 0.5) is 0 Å². The van der Waals surface area contributed by atoms with E-state index in [0.29, 0.717) is 12.3 Å². The van der Waals surface area contributed by atoms with Gasteiger partial charge in [-0.05, 0) is 43.0 Å². The molecule has 0 spiro atoms. The van der Waals surface area contributed by atoms with Crippen LogP contribution in [0.25, 0.3) is 11.1 Å². The summed E-state index contributed by atoms with van der Waals surface area (Å²) in [5, 5.41) is 3.37. The molecule has 0 amide bonds. The van der Waals surface area contributed by atoms with Crippen molar-refractivity contribution in [3.8, 4) is 11.1 Å². The van der Waals surface area contributed by atoms with E-state index in [0.717, 1.165) is 24.2 Å². The molecule has 0 saturated carbocycles. The Balaban J connectivity index is 1.67. The average Bonchev–Trinajstić information content (AvgIpc) is 2.57. The minimum Gasteiger partial charge on any atom is -0.316 e. The van der Waals surface area contributed by atoms with Gasteiger partial charge in [-0.15, -0.1) is 0 Å². The van der Waals surface area contributed by atoms with Crippen LogP contribution >= 0.6 is 0 Å². The van der Waals surface area contributed by atoms with E-state index in [2.05, 4.69) is 17.4 Å². The summed E-state index contributed by atoms with van der Waals surface area (Å²) in [6, 6.07) is 18.3. The number of hydrogen-bond donors (Lipinski definition) is 1. The number of hydrogen-bond acceptors (Lipinski definition) is 2. The molecule has 108 valence electrons. The van der Waals surface area contributed by atoms with Crippen molar-refractivity contribution in [3.05, 3.63) is 60.2 Å². The topological polar surface area (TPSA) is 29.1 Å². The lowest BCUT2D eigenvalue weighted by molar-refractivity contribution is 0.0954. The first-order valence-electron chi connectivity index (χ1n) is 7.72. The predicted molar refractivity (Wildman–Crippen MR) is 86.4 cm³/mol. The summed E-state index contributed by atoms with van der Waals surface area (Å²) in [6.45, 7) is 2.07. The summed E-state index contributed by atoms with van der Waals surface area (Å²) in [5.41, 5.74) is 3.18. The summed E-state index contributed by atoms with van der Waals surface area (Å²) in [7, 11) is 0. The number of rotatable bonds is 4. The minimum atomic E-state index is 0.267. The number of nitrogens with one attached hydrogen (secondary N) is 1. The summed E-state index contributed by atoms with van der Waals surface area (Å²) < 4.78 is 0. The van der Waals surface area contributed by atoms with Gasteiger partial charge in [-0.2, -0.15) is 0 Å². The number of Topliss-reactive ketones (excluding diaryl/α,β-unsaturated/α-hetero) is 1. The molecule has 1 aliphatic rings. The van der Waals surface area contributed by atoms with Crippen LogP contribution in [0, 0.1) is 5.92 Å². The fourth-order valence-electron chi connectivity index (χ4n) is 2.96. The first kappa shape index (κ1) is 14.0. The first-order valence-corrected chi connectivity index (χ1v) is 7.72. The lowest BCUT2D eigenvalue weighted by atomic mass is 9.91. The van der Waals surface area contributed by atoms with Gasteiger partial charge in [-0.3, -0.25) is 4.79 Å². The van der Waals surface area contributed by atoms with E-state index in [4.69, 9.17) is 0 Å². The second-order valence-electron chi connectivity index (χ2n) is 5.78. The van der Waals surface area contributed by atoms with Crippen molar-refractivity contribution in [1.29, 1.82) is 0 Å². The molecule has 1 saturated heterocycles. The van der Waals surface area contributed by atoms with E-state index in [1.165, 1.54) is 18.4 Å². The van der Waals surface area contributed by atoms with Crippen molar-refractivity contribution in [2.24, 2.45) is 5.92 Å². The predicted octanol–water partition coefficient (Wildman–Crippen LogP) is 3.93. The maximum atomic E-state index is 12.3. The van der Waals surface area contributed by atoms with Gasteiger partial charge in [0.05, 0.1) is 0 Å². The number of ketones is 1. The highest BCUT2D eigenvalue weighted by atomic mass is 16.1. The minimum absolute atomic E-state index is 0.267. The lowest BCUT2D eigenvalue weighted by Gasteiger charge is -2.21. The fraction of sp³-hybridized carbons (Fsp3) is 0.316. The van der Waals surface area contributed by atoms with Crippen LogP contribution < -0.4 is 5.32 Å². The number of benzene rings is 2. The van der Waals surface area contributed by atoms with Crippen molar-refractivity contribution in [2.75, 3.05) is 13.1 Å². The van der Waals surface area contributed by atoms with Crippen LogP contribution in [0.5, 0.6) is 0 Å². The van der Waals surface area contributed by atoms with Gasteiger partial charge in [0.15, 0.2) is 5.78 Å². The third-order valence-electron chi connectivity index (χ3n) is 4.19. The van der Waals surface area contributed by atoms with E-state index in [1.807, 2.05) is 42.5 Å². The fourth-order valence-corrected chi connectivity index (χ4v) is 2.96. The molecule has 2 nitrogen and oxygen atoms in total. The molecule has 1 aliphatic heterocycles. The molecular weight excluding hydrogens is 258 g/mol. The number of carbonyl (C=O) groups excluding carboxylic acids is 1. The second kappa shape index (κ2) is 6.68. The lowest BCUT2D eigenvalue weighted by Crippen LogP contribution is -2.31. The zero-order valence-corrected chi connectivity index (χ0v) is 12.2. The van der Waals surface area contributed by atoms with Crippen LogP contribution in [0.1, 0.15) is 29.6 Å². The third kappa shape index (κ3) is 3.59. The molecule has 0 radical (unpaired) electrons. The second-order valence-corrected chi connectivity index (χ2v) is 5.78. The molecule has 0 aromatic heterocycles. The largest absolute Gasteiger partial charge is 0.316 e. The van der Waals surface area contributed by atoms with Crippen LogP contribution in [-0.4, -0.2) is 18.9 Å². The van der Waals surface area contributed by atoms with Crippen molar-refractivity contribution >= 4 is 5.78 Å². The highest BCUT2D eigenvalue weighted by Gasteiger charge is 2.17. The Morgan fingerprint density at radius 3 is 2.38 bits per heavy atom. The Morgan fingerprint density at radius 2 is 1.71 bits per heavy atom. The maximum Gasteiger partial charge on any atom is 0.163 e. The Labute approximate surface area is 126 Å². The van der Waals surface area contributed by atoms with Gasteiger partial charge in [-0.25, -0.2) is 0 Å². The van der Waals surface area contributed by atoms with E-state index in [-0.39, 0.29) is 5.78 Å². The Kier molecular flexibility index (Phi) is 4.46. The molecule has 1 fully saturated rings. The molecule has 21 heavy (non-hydrogen) atoms. The molecule has 3 rings (SSSR count). The molecule has 0 aliphatic carbocycles. The van der Waals surface area contributed by atoms with Crippen LogP contribution in [0.15, 0.2) is 54.6 Å². The number of carbonyl (C=O) groups is 1. The van der Waals surface area contributed by atoms with Crippen LogP contribution in [0.2, 0.25) is 0 Å². The monoisotopic (exact) mass is 279 g/mol. The molecular formula is C19H21NO. The molecule has 0 bridgehead atoms. The van der Waals surface area contributed by atoms with Gasteiger partial charge in [0.1, 0.15) is 0 Å². The molecule has 1 unspecified atom stereocenters. The summed E-state index contributed by atoms with van der Waals surface area (Å²) in [6.07, 6.45) is 3.02. The van der Waals surface area contributed by atoms with Crippen molar-refractivity contribution in [1.82, 2.24) is 5.32 Å². The van der Waals surface area contributed by atoms with Crippen LogP contribution in [-0.2, 0) is 0 Å². The molecule has 1 atom stereocenters. The zero-order valence-electron chi connectivity index (χ0n) is 12.2. The number of piperidine rings is 1. The average molecular weight is 279 g/mol. The SMILES string of the molecule is O=C(CC1CCCNC1)c1ccc(-c2ccccc2)cc1. The van der Waals surface area contributed by atoms with Crippen molar-refractivity contribution in [2.45, 2.75) is 19.3 Å². The van der Waals surface area contributed by atoms with Crippen molar-refractivity contribution < 1.29 is 4.79 Å². The summed E-state index contributed by atoms with van der Waals surface area (Å²) >= 11 is 0. The zero-order chi connectivity index (χ0) is 14.5. The first-order chi connectivity index (χ1) is 10.3. The van der Waals surface area contributed by atoms with E-state index in [9.17, 15) is 4.79 Å². The molecule has 1 heterocycles. The van der Waals surface area contributed by atoms with Gasteiger partial charge in [0.2, 0.25) is 0 Å². The Bertz CT molecular complexity index is 583. The standard InChI is InChI=1S/C19H21NO/c21-19(13-15-5-4-12-20-14-15)18-10-8-17(9-11-18)16-6-2-1-3-7-16/h1-3,6-11,15,20H,4-5,12-14H2. The van der Waals surface area contributed by atoms with Gasteiger partial charge < -0.3 is 5.32 Å². The van der Waals surface area contributed by atoms with E-state index >= 15 is 0 Å². The normalized spacial score (nSPS) is 18.4. The summed E-state index contributed by atoms with van der Waals surface area (Å²) in [5.74, 6) is 0.767. The maximum absolute atomic E-state index is 12.3. The van der Waals surface area contributed by atoms with Gasteiger partial charge in [0, 0.05) is 12.0 Å². The quantitative estimate of drug-likeness (QED) is 0.859. The van der Waals surface area contributed by atoms with Gasteiger partial charge in [0.25, 0.3) is 0 Å². The Hall–Kier alpha value is -1.93. The molecule has 2 aromatic carbocycles. The van der Waals surface area contributed by atoms with Gasteiger partial charge in [-0.1, -0.05) is 54.6 Å². The smallest absolute Gasteiger partial charge is 0.163 e.